The number of aliphatic imine (C=N–C) groups is 1. The van der Waals surface area contributed by atoms with E-state index >= 15 is 0 Å². The Kier molecular flexibility index (Phi) is 4.97. The maximum absolute atomic E-state index is 11.9. The lowest BCUT2D eigenvalue weighted by molar-refractivity contribution is 0.0598. The van der Waals surface area contributed by atoms with Crippen molar-refractivity contribution in [3.05, 3.63) is 58.9 Å². The summed E-state index contributed by atoms with van der Waals surface area (Å²) in [6, 6.07) is 11.5. The van der Waals surface area contributed by atoms with Gasteiger partial charge in [0.05, 0.1) is 30.6 Å². The number of aryl methyl sites for hydroxylation is 1. The summed E-state index contributed by atoms with van der Waals surface area (Å²) in [7, 11) is 1.38. The maximum Gasteiger partial charge on any atom is 0.339 e. The van der Waals surface area contributed by atoms with Crippen LogP contribution in [-0.2, 0) is 11.3 Å². The van der Waals surface area contributed by atoms with Gasteiger partial charge < -0.3 is 15.8 Å². The molecule has 1 heterocycles. The molecule has 0 aliphatic heterocycles. The van der Waals surface area contributed by atoms with Crippen molar-refractivity contribution in [3.63, 3.8) is 0 Å². The number of hydrogen-bond acceptors (Lipinski definition) is 4. The third-order valence-electron chi connectivity index (χ3n) is 4.09. The van der Waals surface area contributed by atoms with Crippen LogP contribution in [-0.4, -0.2) is 24.0 Å². The molecule has 130 valence electrons. The van der Waals surface area contributed by atoms with Gasteiger partial charge in [-0.3, -0.25) is 4.98 Å². The van der Waals surface area contributed by atoms with Crippen LogP contribution in [0.3, 0.4) is 0 Å². The van der Waals surface area contributed by atoms with E-state index in [-0.39, 0.29) is 5.97 Å². The highest BCUT2D eigenvalue weighted by atomic mass is 16.5. The van der Waals surface area contributed by atoms with Gasteiger partial charge in [-0.15, -0.1) is 0 Å². The predicted molar refractivity (Wildman–Crippen MR) is 97.7 cm³/mol. The summed E-state index contributed by atoms with van der Waals surface area (Å²) in [5.74, 6) is 0.335. The van der Waals surface area contributed by atoms with Crippen LogP contribution < -0.4 is 11.1 Å². The average Bonchev–Trinajstić information content (AvgIpc) is 3.46. The minimum absolute atomic E-state index is 0.329. The highest BCUT2D eigenvalue weighted by Gasteiger charge is 2.30. The highest BCUT2D eigenvalue weighted by Crippen LogP contribution is 2.40. The molecule has 0 bridgehead atoms. The molecule has 2 aromatic rings. The molecule has 1 saturated carbocycles. The van der Waals surface area contributed by atoms with Gasteiger partial charge in [-0.1, -0.05) is 17.7 Å². The molecule has 1 fully saturated rings. The molecule has 0 amide bonds. The van der Waals surface area contributed by atoms with E-state index in [0.29, 0.717) is 24.0 Å². The molecular weight excluding hydrogens is 316 g/mol. The number of ether oxygens (including phenoxy) is 1. The predicted octanol–water partition coefficient (Wildman–Crippen LogP) is 2.98. The average molecular weight is 338 g/mol. The number of esters is 1. The van der Waals surface area contributed by atoms with Crippen LogP contribution in [0.15, 0.2) is 41.4 Å². The van der Waals surface area contributed by atoms with Crippen molar-refractivity contribution in [2.75, 3.05) is 12.4 Å². The first-order chi connectivity index (χ1) is 12.1. The van der Waals surface area contributed by atoms with E-state index in [1.807, 2.05) is 31.2 Å². The molecule has 25 heavy (non-hydrogen) atoms. The number of nitrogens with one attached hydrogen (secondary N) is 1. The van der Waals surface area contributed by atoms with E-state index in [2.05, 4.69) is 15.3 Å². The van der Waals surface area contributed by atoms with Crippen molar-refractivity contribution in [1.29, 1.82) is 0 Å². The van der Waals surface area contributed by atoms with Gasteiger partial charge in [0.1, 0.15) is 0 Å². The standard InChI is InChI=1S/C19H22N4O2/c1-12-3-7-14(8-4-12)23-19(20)21-11-15-9-10-16(18(24)25-2)17(22-15)13-5-6-13/h3-4,7-10,13H,5-6,11H2,1-2H3,(H3,20,21,23). The van der Waals surface area contributed by atoms with Crippen molar-refractivity contribution in [2.45, 2.75) is 32.2 Å². The van der Waals surface area contributed by atoms with Gasteiger partial charge in [-0.2, -0.15) is 0 Å². The van der Waals surface area contributed by atoms with Gasteiger partial charge in [0.25, 0.3) is 0 Å². The molecule has 1 aliphatic carbocycles. The number of benzene rings is 1. The summed E-state index contributed by atoms with van der Waals surface area (Å²) in [5.41, 5.74) is 10.1. The first-order valence-electron chi connectivity index (χ1n) is 8.28. The Morgan fingerprint density at radius 2 is 2.00 bits per heavy atom. The van der Waals surface area contributed by atoms with Gasteiger partial charge in [-0.05, 0) is 44.0 Å². The normalized spacial score (nSPS) is 14.2. The van der Waals surface area contributed by atoms with Crippen molar-refractivity contribution >= 4 is 17.6 Å². The number of nitrogens with two attached hydrogens (primary N) is 1. The number of nitrogens with zero attached hydrogens (tertiary/aromatic N) is 2. The number of hydrogen-bond donors (Lipinski definition) is 2. The summed E-state index contributed by atoms with van der Waals surface area (Å²) in [5, 5.41) is 3.05. The minimum Gasteiger partial charge on any atom is -0.465 e. The molecule has 0 atom stereocenters. The number of anilines is 1. The van der Waals surface area contributed by atoms with E-state index < -0.39 is 0 Å². The quantitative estimate of drug-likeness (QED) is 0.497. The highest BCUT2D eigenvalue weighted by molar-refractivity contribution is 5.92. The molecule has 6 nitrogen and oxygen atoms in total. The Bertz CT molecular complexity index is 796. The zero-order valence-electron chi connectivity index (χ0n) is 14.5. The van der Waals surface area contributed by atoms with Crippen LogP contribution in [0.2, 0.25) is 0 Å². The topological polar surface area (TPSA) is 89.6 Å². The van der Waals surface area contributed by atoms with Gasteiger partial charge >= 0.3 is 5.97 Å². The fraction of sp³-hybridized carbons (Fsp3) is 0.316. The molecule has 3 rings (SSSR count). The lowest BCUT2D eigenvalue weighted by atomic mass is 10.1. The van der Waals surface area contributed by atoms with Crippen molar-refractivity contribution in [2.24, 2.45) is 10.7 Å². The molecule has 0 radical (unpaired) electrons. The van der Waals surface area contributed by atoms with Crippen LogP contribution in [0.4, 0.5) is 5.69 Å². The van der Waals surface area contributed by atoms with Crippen LogP contribution in [0.1, 0.15) is 46.1 Å². The monoisotopic (exact) mass is 338 g/mol. The minimum atomic E-state index is -0.343. The van der Waals surface area contributed by atoms with Crippen LogP contribution >= 0.6 is 0 Å². The molecular formula is C19H22N4O2. The molecule has 3 N–H and O–H groups in total. The number of carbonyl (C=O) groups excluding carboxylic acids is 1. The number of carbonyl (C=O) groups is 1. The number of rotatable bonds is 5. The number of guanidine groups is 1. The number of pyridine rings is 1. The molecule has 0 saturated heterocycles. The van der Waals surface area contributed by atoms with Crippen LogP contribution in [0.5, 0.6) is 0 Å². The second-order valence-electron chi connectivity index (χ2n) is 6.19. The summed E-state index contributed by atoms with van der Waals surface area (Å²) in [6.07, 6.45) is 2.11. The first kappa shape index (κ1) is 17.0. The van der Waals surface area contributed by atoms with Crippen molar-refractivity contribution in [1.82, 2.24) is 4.98 Å². The van der Waals surface area contributed by atoms with E-state index in [1.165, 1.54) is 12.7 Å². The van der Waals surface area contributed by atoms with Gasteiger partial charge in [0.15, 0.2) is 5.96 Å². The smallest absolute Gasteiger partial charge is 0.339 e. The Labute approximate surface area is 147 Å². The Balaban J connectivity index is 1.70. The summed E-state index contributed by atoms with van der Waals surface area (Å²) >= 11 is 0. The Morgan fingerprint density at radius 1 is 1.28 bits per heavy atom. The van der Waals surface area contributed by atoms with E-state index in [9.17, 15) is 4.79 Å². The zero-order valence-corrected chi connectivity index (χ0v) is 14.5. The van der Waals surface area contributed by atoms with E-state index in [1.54, 1.807) is 12.1 Å². The summed E-state index contributed by atoms with van der Waals surface area (Å²) in [4.78, 5) is 20.8. The molecule has 1 aromatic carbocycles. The molecule has 0 unspecified atom stereocenters. The van der Waals surface area contributed by atoms with Crippen LogP contribution in [0.25, 0.3) is 0 Å². The summed E-state index contributed by atoms with van der Waals surface area (Å²) in [6.45, 7) is 2.38. The molecule has 6 heteroatoms. The summed E-state index contributed by atoms with van der Waals surface area (Å²) < 4.78 is 4.83. The van der Waals surface area contributed by atoms with E-state index in [0.717, 1.165) is 29.9 Å². The zero-order chi connectivity index (χ0) is 17.8. The Morgan fingerprint density at radius 3 is 2.64 bits per heavy atom. The van der Waals surface area contributed by atoms with Crippen molar-refractivity contribution < 1.29 is 9.53 Å². The molecule has 1 aliphatic rings. The third-order valence-corrected chi connectivity index (χ3v) is 4.09. The lowest BCUT2D eigenvalue weighted by Gasteiger charge is -2.09. The van der Waals surface area contributed by atoms with Crippen molar-refractivity contribution in [3.8, 4) is 0 Å². The largest absolute Gasteiger partial charge is 0.465 e. The third kappa shape index (κ3) is 4.35. The fourth-order valence-corrected chi connectivity index (χ4v) is 2.55. The SMILES string of the molecule is COC(=O)c1ccc(CN=C(N)Nc2ccc(C)cc2)nc1C1CC1. The maximum atomic E-state index is 11.9. The van der Waals surface area contributed by atoms with E-state index in [4.69, 9.17) is 10.5 Å². The first-order valence-corrected chi connectivity index (χ1v) is 8.28. The lowest BCUT2D eigenvalue weighted by Crippen LogP contribution is -2.22. The van der Waals surface area contributed by atoms with Gasteiger partial charge in [0, 0.05) is 11.6 Å². The van der Waals surface area contributed by atoms with Gasteiger partial charge in [-0.25, -0.2) is 9.79 Å². The fourth-order valence-electron chi connectivity index (χ4n) is 2.55. The number of methoxy groups -OCH3 is 1. The van der Waals surface area contributed by atoms with Gasteiger partial charge in [0.2, 0.25) is 0 Å². The molecule has 1 aromatic heterocycles. The Hall–Kier alpha value is -2.89. The molecule has 0 spiro atoms. The van der Waals surface area contributed by atoms with Crippen LogP contribution in [0, 0.1) is 6.92 Å². The second-order valence-corrected chi connectivity index (χ2v) is 6.19. The second kappa shape index (κ2) is 7.34. The number of aromatic nitrogens is 1.